The molecule has 0 fully saturated rings. The summed E-state index contributed by atoms with van der Waals surface area (Å²) in [5.74, 6) is 0.292. The third-order valence-corrected chi connectivity index (χ3v) is 3.33. The summed E-state index contributed by atoms with van der Waals surface area (Å²) in [6.07, 6.45) is 1.63. The minimum Gasteiger partial charge on any atom is -0.505 e. The maximum Gasteiger partial charge on any atom is 0.343 e. The Morgan fingerprint density at radius 1 is 1.30 bits per heavy atom. The predicted octanol–water partition coefficient (Wildman–Crippen LogP) is 2.89. The number of carbonyl (C=O) groups excluding carboxylic acids is 1. The SMILES string of the molecule is CCOC(=O)C1=C(O)/C(=C\c2cccc(OC)c2OC)N=C1C. The lowest BCUT2D eigenvalue weighted by Crippen LogP contribution is -2.13. The summed E-state index contributed by atoms with van der Waals surface area (Å²) in [4.78, 5) is 16.1. The zero-order chi connectivity index (χ0) is 17.0. The average Bonchev–Trinajstić information content (AvgIpc) is 2.81. The second-order valence-electron chi connectivity index (χ2n) is 4.75. The van der Waals surface area contributed by atoms with E-state index in [2.05, 4.69) is 4.99 Å². The van der Waals surface area contributed by atoms with E-state index in [1.807, 2.05) is 0 Å². The molecule has 1 N–H and O–H groups in total. The van der Waals surface area contributed by atoms with E-state index in [1.54, 1.807) is 45.2 Å². The molecular formula is C17H19NO5. The molecule has 0 spiro atoms. The number of methoxy groups -OCH3 is 2. The van der Waals surface area contributed by atoms with Gasteiger partial charge >= 0.3 is 5.97 Å². The molecule has 23 heavy (non-hydrogen) atoms. The highest BCUT2D eigenvalue weighted by Crippen LogP contribution is 2.34. The van der Waals surface area contributed by atoms with Crippen molar-refractivity contribution in [3.63, 3.8) is 0 Å². The van der Waals surface area contributed by atoms with Gasteiger partial charge in [-0.25, -0.2) is 9.79 Å². The molecule has 0 radical (unpaired) electrons. The van der Waals surface area contributed by atoms with Gasteiger partial charge in [0.25, 0.3) is 0 Å². The number of aliphatic imine (C=N–C) groups is 1. The summed E-state index contributed by atoms with van der Waals surface area (Å²) in [6, 6.07) is 5.37. The first-order valence-electron chi connectivity index (χ1n) is 7.12. The number of esters is 1. The van der Waals surface area contributed by atoms with Gasteiger partial charge in [-0.15, -0.1) is 0 Å². The molecule has 0 unspecified atom stereocenters. The molecule has 6 heteroatoms. The van der Waals surface area contributed by atoms with Gasteiger partial charge in [0.15, 0.2) is 17.3 Å². The van der Waals surface area contributed by atoms with Crippen molar-refractivity contribution < 1.29 is 24.1 Å². The highest BCUT2D eigenvalue weighted by Gasteiger charge is 2.27. The van der Waals surface area contributed by atoms with Crippen LogP contribution in [0.25, 0.3) is 6.08 Å². The van der Waals surface area contributed by atoms with E-state index in [4.69, 9.17) is 14.2 Å². The van der Waals surface area contributed by atoms with Crippen molar-refractivity contribution in [3.05, 3.63) is 40.8 Å². The van der Waals surface area contributed by atoms with Crippen LogP contribution in [0.5, 0.6) is 11.5 Å². The van der Waals surface area contributed by atoms with Gasteiger partial charge in [0.05, 0.1) is 26.5 Å². The Kier molecular flexibility index (Phi) is 5.05. The molecule has 1 aliphatic rings. The highest BCUT2D eigenvalue weighted by molar-refractivity contribution is 6.22. The van der Waals surface area contributed by atoms with Crippen molar-refractivity contribution in [2.75, 3.05) is 20.8 Å². The molecule has 1 aliphatic heterocycles. The highest BCUT2D eigenvalue weighted by atomic mass is 16.5. The monoisotopic (exact) mass is 317 g/mol. The summed E-state index contributed by atoms with van der Waals surface area (Å²) in [6.45, 7) is 3.58. The molecule has 1 aromatic carbocycles. The van der Waals surface area contributed by atoms with E-state index in [0.717, 1.165) is 0 Å². The van der Waals surface area contributed by atoms with Crippen LogP contribution >= 0.6 is 0 Å². The first kappa shape index (κ1) is 16.6. The Labute approximate surface area is 134 Å². The quantitative estimate of drug-likeness (QED) is 0.845. The van der Waals surface area contributed by atoms with Crippen LogP contribution in [-0.2, 0) is 9.53 Å². The van der Waals surface area contributed by atoms with Crippen LogP contribution in [0.3, 0.4) is 0 Å². The topological polar surface area (TPSA) is 77.4 Å². The van der Waals surface area contributed by atoms with E-state index >= 15 is 0 Å². The minimum absolute atomic E-state index is 0.0833. The number of aliphatic hydroxyl groups excluding tert-OH is 1. The lowest BCUT2D eigenvalue weighted by Gasteiger charge is -2.10. The van der Waals surface area contributed by atoms with Gasteiger partial charge in [-0.3, -0.25) is 0 Å². The largest absolute Gasteiger partial charge is 0.505 e. The smallest absolute Gasteiger partial charge is 0.343 e. The number of rotatable bonds is 5. The summed E-state index contributed by atoms with van der Waals surface area (Å²) in [5, 5.41) is 10.3. The van der Waals surface area contributed by atoms with Gasteiger partial charge in [0.1, 0.15) is 11.3 Å². The van der Waals surface area contributed by atoms with Gasteiger partial charge in [-0.05, 0) is 26.0 Å². The maximum absolute atomic E-state index is 11.9. The summed E-state index contributed by atoms with van der Waals surface area (Å²) >= 11 is 0. The van der Waals surface area contributed by atoms with Crippen molar-refractivity contribution >= 4 is 17.8 Å². The second-order valence-corrected chi connectivity index (χ2v) is 4.75. The number of carbonyl (C=O) groups is 1. The van der Waals surface area contributed by atoms with Crippen molar-refractivity contribution in [3.8, 4) is 11.5 Å². The Hall–Kier alpha value is -2.76. The van der Waals surface area contributed by atoms with Crippen molar-refractivity contribution in [2.24, 2.45) is 4.99 Å². The molecule has 2 rings (SSSR count). The Morgan fingerprint density at radius 3 is 2.65 bits per heavy atom. The van der Waals surface area contributed by atoms with Gasteiger partial charge < -0.3 is 19.3 Å². The maximum atomic E-state index is 11.9. The predicted molar refractivity (Wildman–Crippen MR) is 86.9 cm³/mol. The van der Waals surface area contributed by atoms with Crippen LogP contribution in [-0.4, -0.2) is 37.6 Å². The Morgan fingerprint density at radius 2 is 2.04 bits per heavy atom. The van der Waals surface area contributed by atoms with Crippen molar-refractivity contribution in [2.45, 2.75) is 13.8 Å². The summed E-state index contributed by atoms with van der Waals surface area (Å²) in [5.41, 5.74) is 1.45. The zero-order valence-corrected chi connectivity index (χ0v) is 13.5. The Bertz CT molecular complexity index is 716. The first-order valence-corrected chi connectivity index (χ1v) is 7.12. The molecule has 0 saturated heterocycles. The fraction of sp³-hybridized carbons (Fsp3) is 0.294. The van der Waals surface area contributed by atoms with Gasteiger partial charge in [-0.1, -0.05) is 12.1 Å². The van der Waals surface area contributed by atoms with Crippen LogP contribution in [0.2, 0.25) is 0 Å². The van der Waals surface area contributed by atoms with Crippen molar-refractivity contribution in [1.29, 1.82) is 0 Å². The number of benzene rings is 1. The number of hydrogen-bond acceptors (Lipinski definition) is 6. The van der Waals surface area contributed by atoms with Crippen LogP contribution in [0.15, 0.2) is 40.2 Å². The molecule has 122 valence electrons. The zero-order valence-electron chi connectivity index (χ0n) is 13.5. The van der Waals surface area contributed by atoms with Gasteiger partial charge in [0.2, 0.25) is 0 Å². The summed E-state index contributed by atoms with van der Waals surface area (Å²) in [7, 11) is 3.08. The minimum atomic E-state index is -0.591. The number of hydrogen-bond donors (Lipinski definition) is 1. The molecule has 0 bridgehead atoms. The van der Waals surface area contributed by atoms with E-state index in [-0.39, 0.29) is 23.6 Å². The fourth-order valence-electron chi connectivity index (χ4n) is 2.31. The number of nitrogens with zero attached hydrogens (tertiary/aromatic N) is 1. The standard InChI is InChI=1S/C17H19NO5/c1-5-23-17(20)14-10(2)18-12(15(14)19)9-11-7-6-8-13(21-3)16(11)22-4/h6-9,19H,5H2,1-4H3/b12-9+. The molecule has 0 aromatic heterocycles. The van der Waals surface area contributed by atoms with Gasteiger partial charge in [0, 0.05) is 5.56 Å². The first-order chi connectivity index (χ1) is 11.0. The Balaban J connectivity index is 2.48. The van der Waals surface area contributed by atoms with Crippen LogP contribution in [0.1, 0.15) is 19.4 Å². The lowest BCUT2D eigenvalue weighted by molar-refractivity contribution is -0.138. The van der Waals surface area contributed by atoms with Crippen LogP contribution in [0, 0.1) is 0 Å². The third-order valence-electron chi connectivity index (χ3n) is 3.33. The second kappa shape index (κ2) is 7.00. The average molecular weight is 317 g/mol. The molecule has 0 amide bonds. The van der Waals surface area contributed by atoms with Crippen LogP contribution < -0.4 is 9.47 Å². The van der Waals surface area contributed by atoms with Crippen LogP contribution in [0.4, 0.5) is 0 Å². The van der Waals surface area contributed by atoms with E-state index in [1.165, 1.54) is 7.11 Å². The van der Waals surface area contributed by atoms with Crippen molar-refractivity contribution in [1.82, 2.24) is 0 Å². The summed E-state index contributed by atoms with van der Waals surface area (Å²) < 4.78 is 15.5. The molecule has 0 aliphatic carbocycles. The molecule has 1 aromatic rings. The lowest BCUT2D eigenvalue weighted by atomic mass is 10.1. The normalized spacial score (nSPS) is 15.7. The number of aliphatic hydroxyl groups is 1. The molecule has 1 heterocycles. The molecule has 6 nitrogen and oxygen atoms in total. The molecular weight excluding hydrogens is 298 g/mol. The number of para-hydroxylation sites is 1. The van der Waals surface area contributed by atoms with Gasteiger partial charge in [-0.2, -0.15) is 0 Å². The van der Waals surface area contributed by atoms with E-state index in [9.17, 15) is 9.90 Å². The molecule has 0 saturated carbocycles. The third kappa shape index (κ3) is 3.21. The fourth-order valence-corrected chi connectivity index (χ4v) is 2.31. The number of ether oxygens (including phenoxy) is 3. The van der Waals surface area contributed by atoms with E-state index in [0.29, 0.717) is 22.8 Å². The molecule has 0 atom stereocenters. The van der Waals surface area contributed by atoms with E-state index < -0.39 is 5.97 Å².